The van der Waals surface area contributed by atoms with E-state index in [1.165, 1.54) is 12.8 Å². The summed E-state index contributed by atoms with van der Waals surface area (Å²) in [6, 6.07) is 1.63. The Hall–Kier alpha value is -1.40. The molecule has 1 amide bonds. The van der Waals surface area contributed by atoms with Crippen molar-refractivity contribution < 1.29 is 9.53 Å². The van der Waals surface area contributed by atoms with E-state index in [9.17, 15) is 4.79 Å². The summed E-state index contributed by atoms with van der Waals surface area (Å²) in [5.74, 6) is 0.169. The van der Waals surface area contributed by atoms with Crippen LogP contribution >= 0.6 is 0 Å². The lowest BCUT2D eigenvalue weighted by molar-refractivity contribution is -0.134. The average Bonchev–Trinajstić information content (AvgIpc) is 3.18. The van der Waals surface area contributed by atoms with E-state index in [-0.39, 0.29) is 11.9 Å². The second kappa shape index (κ2) is 7.24. The molecule has 2 fully saturated rings. The average molecular weight is 306 g/mol. The number of nitrogens with zero attached hydrogens (tertiary/aromatic N) is 4. The molecule has 2 aliphatic rings. The Labute approximate surface area is 132 Å². The Bertz CT molecular complexity index is 471. The topological polar surface area (TPSA) is 50.6 Å². The lowest BCUT2D eigenvalue weighted by Gasteiger charge is -2.25. The lowest BCUT2D eigenvalue weighted by Crippen LogP contribution is -2.40. The normalized spacial score (nSPS) is 25.1. The largest absolute Gasteiger partial charge is 0.377 e. The van der Waals surface area contributed by atoms with Crippen molar-refractivity contribution >= 4 is 5.91 Å². The highest BCUT2D eigenvalue weighted by Gasteiger charge is 2.26. The molecule has 22 heavy (non-hydrogen) atoms. The zero-order valence-corrected chi connectivity index (χ0v) is 13.4. The summed E-state index contributed by atoms with van der Waals surface area (Å²) in [7, 11) is 0. The van der Waals surface area contributed by atoms with E-state index in [2.05, 4.69) is 10.00 Å². The van der Waals surface area contributed by atoms with Gasteiger partial charge < -0.3 is 9.64 Å². The van der Waals surface area contributed by atoms with Crippen LogP contribution in [0, 0.1) is 0 Å². The quantitative estimate of drug-likeness (QED) is 0.837. The van der Waals surface area contributed by atoms with Crippen LogP contribution in [0.4, 0.5) is 0 Å². The maximum absolute atomic E-state index is 12.6. The molecule has 1 aromatic heterocycles. The summed E-state index contributed by atoms with van der Waals surface area (Å²) >= 11 is 0. The predicted octanol–water partition coefficient (Wildman–Crippen LogP) is 1.16. The molecule has 0 bridgehead atoms. The molecule has 2 atom stereocenters. The van der Waals surface area contributed by atoms with E-state index in [4.69, 9.17) is 4.74 Å². The van der Waals surface area contributed by atoms with Gasteiger partial charge in [-0.15, -0.1) is 0 Å². The van der Waals surface area contributed by atoms with Crippen molar-refractivity contribution in [1.82, 2.24) is 19.6 Å². The van der Waals surface area contributed by atoms with Crippen molar-refractivity contribution in [2.45, 2.75) is 38.3 Å². The van der Waals surface area contributed by atoms with Gasteiger partial charge in [0.05, 0.1) is 6.10 Å². The molecule has 0 aliphatic carbocycles. The van der Waals surface area contributed by atoms with Gasteiger partial charge in [-0.2, -0.15) is 5.10 Å². The Balaban J connectivity index is 1.52. The molecule has 1 aromatic rings. The number of aromatic nitrogens is 2. The number of amides is 1. The van der Waals surface area contributed by atoms with Crippen LogP contribution < -0.4 is 0 Å². The Kier molecular flexibility index (Phi) is 5.10. The zero-order chi connectivity index (χ0) is 15.4. The standard InChI is InChI=1S/C16H26N4O2/c1-14(20-9-3-6-17-20)16(21)19-8-4-7-18(10-11-19)13-15-5-2-12-22-15/h3,6,9,14-15H,2,4-5,7-8,10-13H2,1H3/t14-,15-/m0/s1. The molecule has 2 aliphatic heterocycles. The lowest BCUT2D eigenvalue weighted by atomic mass is 10.2. The second-order valence-electron chi connectivity index (χ2n) is 6.28. The summed E-state index contributed by atoms with van der Waals surface area (Å²) < 4.78 is 7.46. The van der Waals surface area contributed by atoms with Gasteiger partial charge in [0.2, 0.25) is 5.91 Å². The van der Waals surface area contributed by atoms with Gasteiger partial charge in [-0.1, -0.05) is 0 Å². The molecule has 0 radical (unpaired) electrons. The van der Waals surface area contributed by atoms with Crippen molar-refractivity contribution in [3.8, 4) is 0 Å². The maximum Gasteiger partial charge on any atom is 0.247 e. The SMILES string of the molecule is C[C@@H](C(=O)N1CCCN(C[C@@H]2CCCO2)CC1)n1cccn1. The number of carbonyl (C=O) groups is 1. The first kappa shape index (κ1) is 15.5. The maximum atomic E-state index is 12.6. The molecule has 6 heteroatoms. The molecular weight excluding hydrogens is 280 g/mol. The third-order valence-corrected chi connectivity index (χ3v) is 4.67. The van der Waals surface area contributed by atoms with Crippen LogP contribution in [0.3, 0.4) is 0 Å². The minimum atomic E-state index is -0.222. The third kappa shape index (κ3) is 3.67. The van der Waals surface area contributed by atoms with Gasteiger partial charge in [0.25, 0.3) is 0 Å². The molecule has 122 valence electrons. The van der Waals surface area contributed by atoms with Crippen LogP contribution in [-0.4, -0.2) is 70.9 Å². The fraction of sp³-hybridized carbons (Fsp3) is 0.750. The fourth-order valence-corrected chi connectivity index (χ4v) is 3.34. The van der Waals surface area contributed by atoms with E-state index in [1.54, 1.807) is 10.9 Å². The first-order valence-electron chi connectivity index (χ1n) is 8.36. The number of hydrogen-bond donors (Lipinski definition) is 0. The third-order valence-electron chi connectivity index (χ3n) is 4.67. The van der Waals surface area contributed by atoms with Gasteiger partial charge in [0, 0.05) is 45.2 Å². The zero-order valence-electron chi connectivity index (χ0n) is 13.4. The molecule has 3 rings (SSSR count). The summed E-state index contributed by atoms with van der Waals surface area (Å²) in [5.41, 5.74) is 0. The Morgan fingerprint density at radius 3 is 2.95 bits per heavy atom. The Morgan fingerprint density at radius 1 is 1.32 bits per heavy atom. The highest BCUT2D eigenvalue weighted by Crippen LogP contribution is 2.16. The highest BCUT2D eigenvalue weighted by atomic mass is 16.5. The molecule has 0 spiro atoms. The molecule has 0 aromatic carbocycles. The van der Waals surface area contributed by atoms with E-state index in [1.807, 2.05) is 24.1 Å². The van der Waals surface area contributed by atoms with Crippen LogP contribution in [0.5, 0.6) is 0 Å². The first-order chi connectivity index (χ1) is 10.7. The van der Waals surface area contributed by atoms with Crippen LogP contribution in [-0.2, 0) is 9.53 Å². The second-order valence-corrected chi connectivity index (χ2v) is 6.28. The Morgan fingerprint density at radius 2 is 2.23 bits per heavy atom. The van der Waals surface area contributed by atoms with E-state index < -0.39 is 0 Å². The number of rotatable bonds is 4. The van der Waals surface area contributed by atoms with Crippen molar-refractivity contribution in [3.63, 3.8) is 0 Å². The molecule has 0 saturated carbocycles. The number of carbonyl (C=O) groups excluding carboxylic acids is 1. The molecule has 3 heterocycles. The highest BCUT2D eigenvalue weighted by molar-refractivity contribution is 5.80. The van der Waals surface area contributed by atoms with Crippen molar-refractivity contribution in [2.75, 3.05) is 39.3 Å². The van der Waals surface area contributed by atoms with E-state index >= 15 is 0 Å². The smallest absolute Gasteiger partial charge is 0.247 e. The van der Waals surface area contributed by atoms with E-state index in [0.29, 0.717) is 6.10 Å². The van der Waals surface area contributed by atoms with Crippen LogP contribution in [0.25, 0.3) is 0 Å². The van der Waals surface area contributed by atoms with Gasteiger partial charge in [0.15, 0.2) is 0 Å². The van der Waals surface area contributed by atoms with Crippen molar-refractivity contribution in [3.05, 3.63) is 18.5 Å². The van der Waals surface area contributed by atoms with Gasteiger partial charge >= 0.3 is 0 Å². The monoisotopic (exact) mass is 306 g/mol. The van der Waals surface area contributed by atoms with E-state index in [0.717, 1.165) is 45.8 Å². The molecular formula is C16H26N4O2. The van der Waals surface area contributed by atoms with Crippen molar-refractivity contribution in [2.24, 2.45) is 0 Å². The molecule has 0 N–H and O–H groups in total. The summed E-state index contributed by atoms with van der Waals surface area (Å²) in [6.45, 7) is 7.48. The minimum Gasteiger partial charge on any atom is -0.377 e. The van der Waals surface area contributed by atoms with Gasteiger partial charge in [-0.3, -0.25) is 14.4 Å². The minimum absolute atomic E-state index is 0.169. The van der Waals surface area contributed by atoms with Crippen LogP contribution in [0.2, 0.25) is 0 Å². The summed E-state index contributed by atoms with van der Waals surface area (Å²) in [5, 5.41) is 4.18. The molecule has 0 unspecified atom stereocenters. The van der Waals surface area contributed by atoms with Crippen LogP contribution in [0.1, 0.15) is 32.2 Å². The van der Waals surface area contributed by atoms with Crippen LogP contribution in [0.15, 0.2) is 18.5 Å². The summed E-state index contributed by atoms with van der Waals surface area (Å²) in [6.07, 6.45) is 7.36. The number of ether oxygens (including phenoxy) is 1. The summed E-state index contributed by atoms with van der Waals surface area (Å²) in [4.78, 5) is 17.1. The van der Waals surface area contributed by atoms with Gasteiger partial charge in [-0.25, -0.2) is 0 Å². The molecule has 2 saturated heterocycles. The molecule has 6 nitrogen and oxygen atoms in total. The predicted molar refractivity (Wildman–Crippen MR) is 83.5 cm³/mol. The number of hydrogen-bond acceptors (Lipinski definition) is 4. The first-order valence-corrected chi connectivity index (χ1v) is 8.36. The fourth-order valence-electron chi connectivity index (χ4n) is 3.34. The van der Waals surface area contributed by atoms with Gasteiger partial charge in [-0.05, 0) is 38.8 Å². The van der Waals surface area contributed by atoms with Crippen molar-refractivity contribution in [1.29, 1.82) is 0 Å². The van der Waals surface area contributed by atoms with Gasteiger partial charge in [0.1, 0.15) is 6.04 Å².